The molecule has 4 rings (SSSR count). The van der Waals surface area contributed by atoms with Crippen LogP contribution in [0.4, 0.5) is 0 Å². The van der Waals surface area contributed by atoms with Gasteiger partial charge in [-0.25, -0.2) is 0 Å². The van der Waals surface area contributed by atoms with E-state index >= 15 is 0 Å². The standard InChI is InChI=1S/C14H16O4/c1-13-6-2-3-7-14(13)17-10(9-5-4-8-16-9)11(18-14)12(13)15/h4-5,8,10-11H,2-3,6-7H2,1H3/t10-,11+,13+,14+/m0/s1. The first-order valence-corrected chi connectivity index (χ1v) is 6.60. The van der Waals surface area contributed by atoms with Gasteiger partial charge in [0.1, 0.15) is 5.76 Å². The molecular weight excluding hydrogens is 232 g/mol. The molecule has 4 heteroatoms. The number of carbonyl (C=O) groups excluding carboxylic acids is 1. The fourth-order valence-corrected chi connectivity index (χ4v) is 3.72. The lowest BCUT2D eigenvalue weighted by Gasteiger charge is -2.44. The second-order valence-electron chi connectivity index (χ2n) is 5.75. The zero-order valence-electron chi connectivity index (χ0n) is 10.3. The second kappa shape index (κ2) is 3.25. The van der Waals surface area contributed by atoms with E-state index in [1.165, 1.54) is 0 Å². The van der Waals surface area contributed by atoms with E-state index in [-0.39, 0.29) is 11.9 Å². The van der Waals surface area contributed by atoms with Gasteiger partial charge < -0.3 is 13.9 Å². The third kappa shape index (κ3) is 1.06. The molecule has 0 unspecified atom stereocenters. The highest BCUT2D eigenvalue weighted by molar-refractivity contribution is 5.93. The molecule has 2 saturated heterocycles. The Kier molecular flexibility index (Phi) is 1.94. The monoisotopic (exact) mass is 248 g/mol. The second-order valence-corrected chi connectivity index (χ2v) is 5.75. The van der Waals surface area contributed by atoms with Crippen molar-refractivity contribution >= 4 is 5.78 Å². The van der Waals surface area contributed by atoms with Crippen LogP contribution in [-0.2, 0) is 14.3 Å². The van der Waals surface area contributed by atoms with Crippen molar-refractivity contribution in [1.29, 1.82) is 0 Å². The highest BCUT2D eigenvalue weighted by atomic mass is 16.8. The molecular formula is C14H16O4. The van der Waals surface area contributed by atoms with Crippen molar-refractivity contribution in [1.82, 2.24) is 0 Å². The Bertz CT molecular complexity index is 494. The van der Waals surface area contributed by atoms with Gasteiger partial charge in [-0.1, -0.05) is 6.42 Å². The lowest BCUT2D eigenvalue weighted by atomic mass is 9.67. The van der Waals surface area contributed by atoms with E-state index in [0.29, 0.717) is 5.76 Å². The van der Waals surface area contributed by atoms with Crippen molar-refractivity contribution in [3.8, 4) is 0 Å². The van der Waals surface area contributed by atoms with Gasteiger partial charge in [-0.15, -0.1) is 0 Å². The molecule has 2 aliphatic heterocycles. The summed E-state index contributed by atoms with van der Waals surface area (Å²) in [5.41, 5.74) is -0.459. The molecule has 1 aromatic rings. The van der Waals surface area contributed by atoms with Crippen LogP contribution in [0.2, 0.25) is 0 Å². The molecule has 2 bridgehead atoms. The lowest BCUT2D eigenvalue weighted by molar-refractivity contribution is -0.236. The van der Waals surface area contributed by atoms with Gasteiger partial charge in [-0.05, 0) is 31.9 Å². The fraction of sp³-hybridized carbons (Fsp3) is 0.643. The minimum Gasteiger partial charge on any atom is -0.466 e. The minimum absolute atomic E-state index is 0.190. The maximum atomic E-state index is 12.6. The van der Waals surface area contributed by atoms with E-state index in [9.17, 15) is 4.79 Å². The number of fused-ring (bicyclic) bond motifs is 1. The minimum atomic E-state index is -0.704. The fourth-order valence-electron chi connectivity index (χ4n) is 3.72. The first-order valence-electron chi connectivity index (χ1n) is 6.60. The number of Topliss-reactive ketones (excluding diaryl/α,β-unsaturated/α-hetero) is 1. The topological polar surface area (TPSA) is 48.7 Å². The van der Waals surface area contributed by atoms with Crippen LogP contribution in [0.5, 0.6) is 0 Å². The lowest BCUT2D eigenvalue weighted by Crippen LogP contribution is -2.53. The maximum absolute atomic E-state index is 12.6. The summed E-state index contributed by atoms with van der Waals surface area (Å²) in [7, 11) is 0. The zero-order valence-corrected chi connectivity index (χ0v) is 10.3. The predicted molar refractivity (Wildman–Crippen MR) is 61.7 cm³/mol. The smallest absolute Gasteiger partial charge is 0.182 e. The van der Waals surface area contributed by atoms with Crippen LogP contribution >= 0.6 is 0 Å². The average Bonchev–Trinajstić information content (AvgIpc) is 3.03. The number of carbonyl (C=O) groups is 1. The Balaban J connectivity index is 1.76. The van der Waals surface area contributed by atoms with E-state index in [1.807, 2.05) is 19.1 Å². The van der Waals surface area contributed by atoms with Crippen LogP contribution in [0.3, 0.4) is 0 Å². The van der Waals surface area contributed by atoms with Gasteiger partial charge in [0, 0.05) is 6.42 Å². The van der Waals surface area contributed by atoms with Crippen molar-refractivity contribution in [2.45, 2.75) is 50.6 Å². The van der Waals surface area contributed by atoms with E-state index in [2.05, 4.69) is 0 Å². The van der Waals surface area contributed by atoms with Crippen LogP contribution in [0.1, 0.15) is 44.5 Å². The molecule has 18 heavy (non-hydrogen) atoms. The summed E-state index contributed by atoms with van der Waals surface area (Å²) in [5.74, 6) is 0.178. The molecule has 96 valence electrons. The van der Waals surface area contributed by atoms with Crippen molar-refractivity contribution in [3.05, 3.63) is 24.2 Å². The number of hydrogen-bond acceptors (Lipinski definition) is 4. The zero-order chi connectivity index (χ0) is 12.4. The van der Waals surface area contributed by atoms with Crippen molar-refractivity contribution in [3.63, 3.8) is 0 Å². The normalized spacial score (nSPS) is 46.4. The maximum Gasteiger partial charge on any atom is 0.182 e. The summed E-state index contributed by atoms with van der Waals surface area (Å²) in [5, 5.41) is 0. The van der Waals surface area contributed by atoms with Gasteiger partial charge in [0.25, 0.3) is 0 Å². The molecule has 4 atom stereocenters. The van der Waals surface area contributed by atoms with Crippen molar-refractivity contribution in [2.75, 3.05) is 0 Å². The quantitative estimate of drug-likeness (QED) is 0.766. The Labute approximate surface area is 105 Å². The highest BCUT2D eigenvalue weighted by Gasteiger charge is 2.72. The summed E-state index contributed by atoms with van der Waals surface area (Å²) in [4.78, 5) is 12.6. The van der Waals surface area contributed by atoms with Crippen LogP contribution < -0.4 is 0 Å². The molecule has 3 aliphatic rings. The molecule has 1 aromatic heterocycles. The van der Waals surface area contributed by atoms with E-state index in [0.717, 1.165) is 25.7 Å². The van der Waals surface area contributed by atoms with E-state index < -0.39 is 17.3 Å². The SMILES string of the molecule is C[C@]12CCCC[C@@]13O[C@@H](C2=O)[C@H](c1ccco1)O3. The number of hydrogen-bond donors (Lipinski definition) is 0. The molecule has 0 amide bonds. The Morgan fingerprint density at radius 3 is 2.78 bits per heavy atom. The Hall–Kier alpha value is -1.13. The number of rotatable bonds is 1. The van der Waals surface area contributed by atoms with Crippen molar-refractivity contribution in [2.24, 2.45) is 5.41 Å². The van der Waals surface area contributed by atoms with Crippen LogP contribution in [0, 0.1) is 5.41 Å². The summed E-state index contributed by atoms with van der Waals surface area (Å²) >= 11 is 0. The molecule has 1 spiro atoms. The molecule has 0 radical (unpaired) electrons. The molecule has 4 nitrogen and oxygen atoms in total. The van der Waals surface area contributed by atoms with Gasteiger partial charge in [0.05, 0.1) is 11.7 Å². The molecule has 0 N–H and O–H groups in total. The average molecular weight is 248 g/mol. The molecule has 3 fully saturated rings. The molecule has 1 saturated carbocycles. The Morgan fingerprint density at radius 1 is 1.22 bits per heavy atom. The van der Waals surface area contributed by atoms with E-state index in [4.69, 9.17) is 13.9 Å². The van der Waals surface area contributed by atoms with Gasteiger partial charge in [0.2, 0.25) is 0 Å². The highest BCUT2D eigenvalue weighted by Crippen LogP contribution is 2.62. The molecule has 3 heterocycles. The third-order valence-corrected chi connectivity index (χ3v) is 4.81. The summed E-state index contributed by atoms with van der Waals surface area (Å²) in [6, 6.07) is 3.66. The number of furan rings is 1. The predicted octanol–water partition coefficient (Wildman–Crippen LogP) is 2.60. The summed E-state index contributed by atoms with van der Waals surface area (Å²) in [6.45, 7) is 1.99. The third-order valence-electron chi connectivity index (χ3n) is 4.81. The first kappa shape index (κ1) is 10.8. The molecule has 0 aromatic carbocycles. The Morgan fingerprint density at radius 2 is 2.00 bits per heavy atom. The summed E-state index contributed by atoms with van der Waals surface area (Å²) in [6.07, 6.45) is 4.57. The van der Waals surface area contributed by atoms with Crippen LogP contribution in [0.25, 0.3) is 0 Å². The first-order chi connectivity index (χ1) is 8.66. The van der Waals surface area contributed by atoms with Gasteiger partial charge >= 0.3 is 0 Å². The molecule has 1 aliphatic carbocycles. The number of ether oxygens (including phenoxy) is 2. The van der Waals surface area contributed by atoms with Gasteiger partial charge in [0.15, 0.2) is 23.8 Å². The van der Waals surface area contributed by atoms with Gasteiger partial charge in [-0.3, -0.25) is 4.79 Å². The van der Waals surface area contributed by atoms with E-state index in [1.54, 1.807) is 6.26 Å². The number of ketones is 1. The largest absolute Gasteiger partial charge is 0.466 e. The summed E-state index contributed by atoms with van der Waals surface area (Å²) < 4.78 is 17.5. The van der Waals surface area contributed by atoms with Crippen molar-refractivity contribution < 1.29 is 18.7 Å². The van der Waals surface area contributed by atoms with Crippen LogP contribution in [-0.4, -0.2) is 17.7 Å². The van der Waals surface area contributed by atoms with Gasteiger partial charge in [-0.2, -0.15) is 0 Å². The van der Waals surface area contributed by atoms with Crippen LogP contribution in [0.15, 0.2) is 22.8 Å².